The van der Waals surface area contributed by atoms with E-state index in [4.69, 9.17) is 5.11 Å². The number of carbonyl (C=O) groups is 1. The zero-order valence-corrected chi connectivity index (χ0v) is 12.8. The number of carboxylic acid groups (broad SMARTS) is 1. The van der Waals surface area contributed by atoms with Gasteiger partial charge in [-0.1, -0.05) is 32.9 Å². The fourth-order valence-electron chi connectivity index (χ4n) is 2.13. The van der Waals surface area contributed by atoms with E-state index in [1.54, 1.807) is 11.7 Å². The largest absolute Gasteiger partial charge is 0.478 e. The molecule has 0 unspecified atom stereocenters. The Morgan fingerprint density at radius 1 is 1.29 bits per heavy atom. The molecule has 0 aliphatic carbocycles. The molecule has 0 aliphatic rings. The number of carboxylic acids is 1. The molecule has 0 saturated heterocycles. The normalized spacial score (nSPS) is 11.4. The van der Waals surface area contributed by atoms with Crippen LogP contribution in [0.2, 0.25) is 0 Å². The van der Waals surface area contributed by atoms with E-state index in [9.17, 15) is 4.79 Å². The maximum Gasteiger partial charge on any atom is 0.339 e. The Morgan fingerprint density at radius 3 is 2.43 bits per heavy atom. The quantitative estimate of drug-likeness (QED) is 0.907. The molecular formula is C16H21N3O2. The van der Waals surface area contributed by atoms with Gasteiger partial charge in [0.25, 0.3) is 0 Å². The summed E-state index contributed by atoms with van der Waals surface area (Å²) in [5.74, 6) is -0.956. The second-order valence-corrected chi connectivity index (χ2v) is 6.11. The predicted octanol–water partition coefficient (Wildman–Crippen LogP) is 3.03. The number of aromatic nitrogens is 2. The first kappa shape index (κ1) is 15.1. The van der Waals surface area contributed by atoms with Crippen LogP contribution in [0.1, 0.15) is 42.4 Å². The van der Waals surface area contributed by atoms with Crippen LogP contribution in [0.3, 0.4) is 0 Å². The second-order valence-electron chi connectivity index (χ2n) is 6.11. The van der Waals surface area contributed by atoms with Gasteiger partial charge in [-0.05, 0) is 23.1 Å². The van der Waals surface area contributed by atoms with Crippen LogP contribution in [0.15, 0.2) is 30.5 Å². The fourth-order valence-corrected chi connectivity index (χ4v) is 2.13. The van der Waals surface area contributed by atoms with Crippen LogP contribution in [0.25, 0.3) is 0 Å². The number of anilines is 1. The first-order chi connectivity index (χ1) is 9.79. The molecule has 0 atom stereocenters. The van der Waals surface area contributed by atoms with Crippen molar-refractivity contribution in [2.24, 2.45) is 7.05 Å². The molecule has 5 nitrogen and oxygen atoms in total. The lowest BCUT2D eigenvalue weighted by atomic mass is 9.87. The van der Waals surface area contributed by atoms with E-state index in [1.165, 1.54) is 11.8 Å². The van der Waals surface area contributed by atoms with Gasteiger partial charge in [0, 0.05) is 12.7 Å². The predicted molar refractivity (Wildman–Crippen MR) is 82.6 cm³/mol. The highest BCUT2D eigenvalue weighted by Gasteiger charge is 2.15. The lowest BCUT2D eigenvalue weighted by Crippen LogP contribution is -2.12. The van der Waals surface area contributed by atoms with Crippen molar-refractivity contribution in [3.8, 4) is 0 Å². The highest BCUT2D eigenvalue weighted by molar-refractivity contribution is 5.88. The van der Waals surface area contributed by atoms with Crippen molar-refractivity contribution in [3.63, 3.8) is 0 Å². The summed E-state index contributed by atoms with van der Waals surface area (Å²) in [6, 6.07) is 8.20. The molecule has 1 heterocycles. The molecule has 2 rings (SSSR count). The third kappa shape index (κ3) is 3.42. The average Bonchev–Trinajstić information content (AvgIpc) is 2.77. The van der Waals surface area contributed by atoms with E-state index in [-0.39, 0.29) is 11.0 Å². The summed E-state index contributed by atoms with van der Waals surface area (Å²) >= 11 is 0. The zero-order valence-electron chi connectivity index (χ0n) is 12.8. The minimum absolute atomic E-state index is 0.122. The SMILES string of the molecule is Cn1ncc(C(=O)O)c1CNc1ccc(C(C)(C)C)cc1. The van der Waals surface area contributed by atoms with Gasteiger partial charge in [-0.15, -0.1) is 0 Å². The minimum Gasteiger partial charge on any atom is -0.478 e. The van der Waals surface area contributed by atoms with Gasteiger partial charge in [-0.2, -0.15) is 5.10 Å². The van der Waals surface area contributed by atoms with Crippen molar-refractivity contribution in [3.05, 3.63) is 47.3 Å². The lowest BCUT2D eigenvalue weighted by molar-refractivity contribution is 0.0695. The highest BCUT2D eigenvalue weighted by atomic mass is 16.4. The van der Waals surface area contributed by atoms with Crippen molar-refractivity contribution in [1.29, 1.82) is 0 Å². The molecule has 0 saturated carbocycles. The van der Waals surface area contributed by atoms with Gasteiger partial charge in [-0.3, -0.25) is 4.68 Å². The Morgan fingerprint density at radius 2 is 1.90 bits per heavy atom. The van der Waals surface area contributed by atoms with Crippen LogP contribution in [0.4, 0.5) is 5.69 Å². The van der Waals surface area contributed by atoms with E-state index in [0.717, 1.165) is 5.69 Å². The lowest BCUT2D eigenvalue weighted by Gasteiger charge is -2.19. The van der Waals surface area contributed by atoms with Crippen molar-refractivity contribution in [2.75, 3.05) is 5.32 Å². The number of nitrogens with one attached hydrogen (secondary N) is 1. The summed E-state index contributed by atoms with van der Waals surface area (Å²) < 4.78 is 1.58. The molecule has 0 bridgehead atoms. The first-order valence-electron chi connectivity index (χ1n) is 6.87. The molecule has 2 aromatic rings. The molecule has 0 radical (unpaired) electrons. The summed E-state index contributed by atoms with van der Waals surface area (Å²) in [4.78, 5) is 11.1. The Kier molecular flexibility index (Phi) is 4.02. The Balaban J connectivity index is 2.10. The molecule has 1 aromatic carbocycles. The standard InChI is InChI=1S/C16H21N3O2/c1-16(2,3)11-5-7-12(8-6-11)17-10-14-13(15(20)21)9-18-19(14)4/h5-9,17H,10H2,1-4H3,(H,20,21). The maximum absolute atomic E-state index is 11.1. The molecule has 112 valence electrons. The average molecular weight is 287 g/mol. The van der Waals surface area contributed by atoms with Crippen LogP contribution in [-0.2, 0) is 19.0 Å². The topological polar surface area (TPSA) is 67.2 Å². The Hall–Kier alpha value is -2.30. The summed E-state index contributed by atoms with van der Waals surface area (Å²) in [6.07, 6.45) is 1.38. The second kappa shape index (κ2) is 5.60. The van der Waals surface area contributed by atoms with Crippen molar-refractivity contribution >= 4 is 11.7 Å². The van der Waals surface area contributed by atoms with Gasteiger partial charge in [0.2, 0.25) is 0 Å². The van der Waals surface area contributed by atoms with E-state index >= 15 is 0 Å². The molecule has 1 aromatic heterocycles. The number of aryl methyl sites for hydroxylation is 1. The summed E-state index contributed by atoms with van der Waals surface area (Å²) in [7, 11) is 1.74. The molecule has 0 spiro atoms. The van der Waals surface area contributed by atoms with E-state index in [1.807, 2.05) is 12.1 Å². The van der Waals surface area contributed by atoms with Gasteiger partial charge < -0.3 is 10.4 Å². The van der Waals surface area contributed by atoms with Gasteiger partial charge in [0.05, 0.1) is 18.4 Å². The van der Waals surface area contributed by atoms with Crippen molar-refractivity contribution in [1.82, 2.24) is 9.78 Å². The number of rotatable bonds is 4. The number of nitrogens with zero attached hydrogens (tertiary/aromatic N) is 2. The van der Waals surface area contributed by atoms with Crippen LogP contribution in [0, 0.1) is 0 Å². The molecular weight excluding hydrogens is 266 g/mol. The van der Waals surface area contributed by atoms with E-state index in [2.05, 4.69) is 43.3 Å². The van der Waals surface area contributed by atoms with Gasteiger partial charge >= 0.3 is 5.97 Å². The van der Waals surface area contributed by atoms with E-state index in [0.29, 0.717) is 12.2 Å². The number of benzene rings is 1. The van der Waals surface area contributed by atoms with Crippen LogP contribution in [0.5, 0.6) is 0 Å². The minimum atomic E-state index is -0.956. The summed E-state index contributed by atoms with van der Waals surface area (Å²) in [6.45, 7) is 6.94. The highest BCUT2D eigenvalue weighted by Crippen LogP contribution is 2.23. The first-order valence-corrected chi connectivity index (χ1v) is 6.87. The molecule has 21 heavy (non-hydrogen) atoms. The van der Waals surface area contributed by atoms with Crippen LogP contribution < -0.4 is 5.32 Å². The maximum atomic E-state index is 11.1. The number of hydrogen-bond acceptors (Lipinski definition) is 3. The Labute approximate surface area is 124 Å². The smallest absolute Gasteiger partial charge is 0.339 e. The third-order valence-electron chi connectivity index (χ3n) is 3.50. The summed E-state index contributed by atoms with van der Waals surface area (Å²) in [5, 5.41) is 16.4. The van der Waals surface area contributed by atoms with Crippen LogP contribution in [-0.4, -0.2) is 20.9 Å². The molecule has 0 fully saturated rings. The third-order valence-corrected chi connectivity index (χ3v) is 3.50. The van der Waals surface area contributed by atoms with Gasteiger partial charge in [-0.25, -0.2) is 4.79 Å². The van der Waals surface area contributed by atoms with Crippen LogP contribution >= 0.6 is 0 Å². The van der Waals surface area contributed by atoms with Crippen molar-refractivity contribution in [2.45, 2.75) is 32.7 Å². The Bertz CT molecular complexity index is 637. The summed E-state index contributed by atoms with van der Waals surface area (Å²) in [5.41, 5.74) is 3.23. The monoisotopic (exact) mass is 287 g/mol. The fraction of sp³-hybridized carbons (Fsp3) is 0.375. The molecule has 0 aliphatic heterocycles. The van der Waals surface area contributed by atoms with E-state index < -0.39 is 5.97 Å². The van der Waals surface area contributed by atoms with Gasteiger partial charge in [0.15, 0.2) is 0 Å². The van der Waals surface area contributed by atoms with Crippen molar-refractivity contribution < 1.29 is 9.90 Å². The van der Waals surface area contributed by atoms with Gasteiger partial charge in [0.1, 0.15) is 5.56 Å². The zero-order chi connectivity index (χ0) is 15.6. The molecule has 5 heteroatoms. The number of hydrogen-bond donors (Lipinski definition) is 2. The molecule has 0 amide bonds. The number of aromatic carboxylic acids is 1. The molecule has 2 N–H and O–H groups in total.